The van der Waals surface area contributed by atoms with E-state index < -0.39 is 0 Å². The Bertz CT molecular complexity index is 411. The summed E-state index contributed by atoms with van der Waals surface area (Å²) in [6, 6.07) is 0.373. The van der Waals surface area contributed by atoms with E-state index >= 15 is 0 Å². The van der Waals surface area contributed by atoms with Gasteiger partial charge in [-0.25, -0.2) is 4.98 Å². The highest BCUT2D eigenvalue weighted by atomic mass is 16.2. The van der Waals surface area contributed by atoms with Gasteiger partial charge in [0.05, 0.1) is 6.54 Å². The van der Waals surface area contributed by atoms with Crippen molar-refractivity contribution in [2.24, 2.45) is 12.8 Å². The number of hydrogen-bond donors (Lipinski definition) is 1. The van der Waals surface area contributed by atoms with Crippen molar-refractivity contribution in [1.29, 1.82) is 0 Å². The van der Waals surface area contributed by atoms with E-state index in [0.717, 1.165) is 25.1 Å². The number of rotatable bonds is 6. The first-order valence-corrected chi connectivity index (χ1v) is 6.63. The zero-order chi connectivity index (χ0) is 13.1. The molecule has 5 nitrogen and oxygen atoms in total. The molecule has 1 saturated carbocycles. The lowest BCUT2D eigenvalue weighted by molar-refractivity contribution is -0.132. The Hall–Kier alpha value is -1.36. The van der Waals surface area contributed by atoms with Gasteiger partial charge in [0.25, 0.3) is 0 Å². The van der Waals surface area contributed by atoms with Crippen molar-refractivity contribution >= 4 is 5.91 Å². The van der Waals surface area contributed by atoms with E-state index in [1.807, 2.05) is 29.6 Å². The predicted octanol–water partition coefficient (Wildman–Crippen LogP) is 1.04. The van der Waals surface area contributed by atoms with E-state index in [-0.39, 0.29) is 11.9 Å². The minimum Gasteiger partial charge on any atom is -0.337 e. The summed E-state index contributed by atoms with van der Waals surface area (Å²) in [5.41, 5.74) is 5.87. The molecule has 0 saturated heterocycles. The molecule has 100 valence electrons. The van der Waals surface area contributed by atoms with E-state index in [9.17, 15) is 4.79 Å². The maximum atomic E-state index is 12.2. The van der Waals surface area contributed by atoms with Crippen molar-refractivity contribution in [3.63, 3.8) is 0 Å². The third-order valence-electron chi connectivity index (χ3n) is 3.50. The largest absolute Gasteiger partial charge is 0.337 e. The Morgan fingerprint density at radius 3 is 2.89 bits per heavy atom. The summed E-state index contributed by atoms with van der Waals surface area (Å²) in [5, 5.41) is 0. The molecular formula is C13H22N4O. The number of aromatic nitrogens is 2. The lowest BCUT2D eigenvalue weighted by Crippen LogP contribution is -2.37. The average molecular weight is 250 g/mol. The number of nitrogens with zero attached hydrogens (tertiary/aromatic N) is 3. The van der Waals surface area contributed by atoms with E-state index in [4.69, 9.17) is 5.73 Å². The van der Waals surface area contributed by atoms with Crippen LogP contribution in [0.5, 0.6) is 0 Å². The highest BCUT2D eigenvalue weighted by molar-refractivity contribution is 5.77. The smallest absolute Gasteiger partial charge is 0.224 e. The van der Waals surface area contributed by atoms with Crippen LogP contribution in [-0.2, 0) is 18.4 Å². The zero-order valence-corrected chi connectivity index (χ0v) is 11.2. The maximum Gasteiger partial charge on any atom is 0.224 e. The molecule has 1 aliphatic rings. The van der Waals surface area contributed by atoms with Gasteiger partial charge < -0.3 is 15.2 Å². The standard InChI is InChI=1S/C13H22N4O/c1-3-10(14)8-13(18)17(11-4-5-11)9-12-15-6-7-16(12)2/h6-7,10-11H,3-5,8-9,14H2,1-2H3. The Morgan fingerprint density at radius 2 is 2.39 bits per heavy atom. The van der Waals surface area contributed by atoms with Crippen molar-refractivity contribution in [2.75, 3.05) is 0 Å². The van der Waals surface area contributed by atoms with Crippen LogP contribution in [0.1, 0.15) is 38.4 Å². The minimum atomic E-state index is -0.0277. The predicted molar refractivity (Wildman–Crippen MR) is 69.7 cm³/mol. The molecule has 1 aromatic heterocycles. The molecule has 0 aromatic carbocycles. The van der Waals surface area contributed by atoms with Crippen LogP contribution < -0.4 is 5.73 Å². The van der Waals surface area contributed by atoms with Gasteiger partial charge in [-0.05, 0) is 19.3 Å². The summed E-state index contributed by atoms with van der Waals surface area (Å²) >= 11 is 0. The normalized spacial score (nSPS) is 16.6. The fourth-order valence-corrected chi connectivity index (χ4v) is 1.99. The molecule has 2 N–H and O–H groups in total. The second-order valence-corrected chi connectivity index (χ2v) is 5.08. The van der Waals surface area contributed by atoms with Crippen molar-refractivity contribution in [3.05, 3.63) is 18.2 Å². The second-order valence-electron chi connectivity index (χ2n) is 5.08. The molecule has 0 bridgehead atoms. The molecule has 0 aliphatic heterocycles. The van der Waals surface area contributed by atoms with E-state index in [2.05, 4.69) is 4.98 Å². The molecule has 0 radical (unpaired) electrons. The number of nitrogens with two attached hydrogens (primary N) is 1. The highest BCUT2D eigenvalue weighted by Gasteiger charge is 2.33. The number of hydrogen-bond acceptors (Lipinski definition) is 3. The summed E-state index contributed by atoms with van der Waals surface area (Å²) in [4.78, 5) is 18.5. The zero-order valence-electron chi connectivity index (χ0n) is 11.2. The third kappa shape index (κ3) is 3.10. The Labute approximate surface area is 108 Å². The molecule has 1 fully saturated rings. The Balaban J connectivity index is 2.00. The van der Waals surface area contributed by atoms with E-state index in [1.54, 1.807) is 6.20 Å². The molecule has 1 atom stereocenters. The molecule has 5 heteroatoms. The lowest BCUT2D eigenvalue weighted by atomic mass is 10.1. The van der Waals surface area contributed by atoms with Crippen LogP contribution in [0.4, 0.5) is 0 Å². The summed E-state index contributed by atoms with van der Waals surface area (Å²) < 4.78 is 1.96. The first-order valence-electron chi connectivity index (χ1n) is 6.63. The molecule has 1 amide bonds. The lowest BCUT2D eigenvalue weighted by Gasteiger charge is -2.23. The van der Waals surface area contributed by atoms with Crippen molar-refractivity contribution in [2.45, 2.75) is 51.2 Å². The van der Waals surface area contributed by atoms with Gasteiger partial charge >= 0.3 is 0 Å². The fourth-order valence-electron chi connectivity index (χ4n) is 1.99. The van der Waals surface area contributed by atoms with E-state index in [1.165, 1.54) is 0 Å². The van der Waals surface area contributed by atoms with Gasteiger partial charge in [0.2, 0.25) is 5.91 Å². The van der Waals surface area contributed by atoms with Gasteiger partial charge in [-0.1, -0.05) is 6.92 Å². The molecular weight excluding hydrogens is 228 g/mol. The number of aryl methyl sites for hydroxylation is 1. The number of imidazole rings is 1. The van der Waals surface area contributed by atoms with Crippen LogP contribution in [-0.4, -0.2) is 32.4 Å². The molecule has 1 heterocycles. The first-order chi connectivity index (χ1) is 8.61. The third-order valence-corrected chi connectivity index (χ3v) is 3.50. The quantitative estimate of drug-likeness (QED) is 0.820. The topological polar surface area (TPSA) is 64.2 Å². The van der Waals surface area contributed by atoms with Crippen LogP contribution in [0.2, 0.25) is 0 Å². The Kier molecular flexibility index (Phi) is 4.01. The van der Waals surface area contributed by atoms with Gasteiger partial charge in [0.15, 0.2) is 0 Å². The second kappa shape index (κ2) is 5.52. The summed E-state index contributed by atoms with van der Waals surface area (Å²) in [6.45, 7) is 2.61. The van der Waals surface area contributed by atoms with Crippen LogP contribution in [0.25, 0.3) is 0 Å². The number of carbonyl (C=O) groups is 1. The fraction of sp³-hybridized carbons (Fsp3) is 0.692. The number of amides is 1. The Morgan fingerprint density at radius 1 is 1.67 bits per heavy atom. The van der Waals surface area contributed by atoms with Crippen LogP contribution in [0, 0.1) is 0 Å². The van der Waals surface area contributed by atoms with Crippen molar-refractivity contribution < 1.29 is 4.79 Å². The highest BCUT2D eigenvalue weighted by Crippen LogP contribution is 2.28. The van der Waals surface area contributed by atoms with E-state index in [0.29, 0.717) is 19.0 Å². The monoisotopic (exact) mass is 250 g/mol. The van der Waals surface area contributed by atoms with Crippen LogP contribution in [0.3, 0.4) is 0 Å². The molecule has 1 aliphatic carbocycles. The average Bonchev–Trinajstić information content (AvgIpc) is 3.10. The maximum absolute atomic E-state index is 12.2. The summed E-state index contributed by atoms with van der Waals surface area (Å²) in [7, 11) is 1.95. The van der Waals surface area contributed by atoms with Crippen LogP contribution in [0.15, 0.2) is 12.4 Å². The van der Waals surface area contributed by atoms with Gasteiger partial charge in [0, 0.05) is 37.9 Å². The molecule has 1 unspecified atom stereocenters. The molecule has 2 rings (SSSR count). The van der Waals surface area contributed by atoms with Gasteiger partial charge in [-0.2, -0.15) is 0 Å². The van der Waals surface area contributed by atoms with Gasteiger partial charge in [-0.3, -0.25) is 4.79 Å². The minimum absolute atomic E-state index is 0.0277. The molecule has 0 spiro atoms. The van der Waals surface area contributed by atoms with Gasteiger partial charge in [-0.15, -0.1) is 0 Å². The van der Waals surface area contributed by atoms with Crippen molar-refractivity contribution in [1.82, 2.24) is 14.5 Å². The summed E-state index contributed by atoms with van der Waals surface area (Å²) in [6.07, 6.45) is 7.17. The van der Waals surface area contributed by atoms with Crippen molar-refractivity contribution in [3.8, 4) is 0 Å². The molecule has 1 aromatic rings. The molecule has 18 heavy (non-hydrogen) atoms. The first kappa shape index (κ1) is 13.1. The number of carbonyl (C=O) groups excluding carboxylic acids is 1. The van der Waals surface area contributed by atoms with Gasteiger partial charge in [0.1, 0.15) is 5.82 Å². The van der Waals surface area contributed by atoms with Crippen LogP contribution >= 0.6 is 0 Å². The SMILES string of the molecule is CCC(N)CC(=O)N(Cc1nccn1C)C1CC1. The summed E-state index contributed by atoms with van der Waals surface area (Å²) in [5.74, 6) is 1.09.